The van der Waals surface area contributed by atoms with Crippen LogP contribution in [-0.4, -0.2) is 24.4 Å². The highest BCUT2D eigenvalue weighted by molar-refractivity contribution is 5.63. The Labute approximate surface area is 167 Å². The third kappa shape index (κ3) is 6.34. The molecule has 0 fully saturated rings. The standard InChI is InChI=1S/C23H22F3NO2/c24-23(25,26)20-8-4-5-17(13-20)14-27-15-21(28)16-29-22-11-9-19(10-12-22)18-6-2-1-3-7-18/h1-13,21,27-28H,14-16H2/t21-/m1/s1. The highest BCUT2D eigenvalue weighted by Gasteiger charge is 2.30. The van der Waals surface area contributed by atoms with E-state index in [1.807, 2.05) is 54.6 Å². The zero-order valence-corrected chi connectivity index (χ0v) is 15.7. The van der Waals surface area contributed by atoms with Crippen molar-refractivity contribution in [1.29, 1.82) is 0 Å². The van der Waals surface area contributed by atoms with E-state index in [2.05, 4.69) is 5.32 Å². The van der Waals surface area contributed by atoms with E-state index in [-0.39, 0.29) is 19.7 Å². The summed E-state index contributed by atoms with van der Waals surface area (Å²) in [5.74, 6) is 0.640. The molecule has 29 heavy (non-hydrogen) atoms. The van der Waals surface area contributed by atoms with Crippen molar-refractivity contribution in [3.8, 4) is 16.9 Å². The molecule has 3 nitrogen and oxygen atoms in total. The van der Waals surface area contributed by atoms with Crippen molar-refractivity contribution in [1.82, 2.24) is 5.32 Å². The number of aliphatic hydroxyl groups is 1. The van der Waals surface area contributed by atoms with Crippen LogP contribution in [0.3, 0.4) is 0 Å². The topological polar surface area (TPSA) is 41.5 Å². The molecular weight excluding hydrogens is 379 g/mol. The third-order valence-corrected chi connectivity index (χ3v) is 4.37. The summed E-state index contributed by atoms with van der Waals surface area (Å²) < 4.78 is 43.8. The number of aliphatic hydroxyl groups excluding tert-OH is 1. The predicted octanol–water partition coefficient (Wildman–Crippen LogP) is 4.90. The highest BCUT2D eigenvalue weighted by Crippen LogP contribution is 2.29. The van der Waals surface area contributed by atoms with E-state index in [1.54, 1.807) is 6.07 Å². The summed E-state index contributed by atoms with van der Waals surface area (Å²) in [4.78, 5) is 0. The van der Waals surface area contributed by atoms with E-state index in [0.717, 1.165) is 23.3 Å². The van der Waals surface area contributed by atoms with Gasteiger partial charge in [0.1, 0.15) is 18.5 Å². The maximum absolute atomic E-state index is 12.7. The molecule has 0 aliphatic heterocycles. The van der Waals surface area contributed by atoms with E-state index >= 15 is 0 Å². The normalized spacial score (nSPS) is 12.6. The Bertz CT molecular complexity index is 896. The number of rotatable bonds is 8. The lowest BCUT2D eigenvalue weighted by Gasteiger charge is -2.14. The summed E-state index contributed by atoms with van der Waals surface area (Å²) in [6.45, 7) is 0.519. The first-order valence-electron chi connectivity index (χ1n) is 9.25. The second kappa shape index (κ2) is 9.58. The van der Waals surface area contributed by atoms with Crippen LogP contribution in [0.15, 0.2) is 78.9 Å². The molecule has 3 aromatic rings. The van der Waals surface area contributed by atoms with Gasteiger partial charge in [0.05, 0.1) is 5.56 Å². The van der Waals surface area contributed by atoms with Crippen LogP contribution in [0.5, 0.6) is 5.75 Å². The maximum atomic E-state index is 12.7. The van der Waals surface area contributed by atoms with Gasteiger partial charge in [0.25, 0.3) is 0 Å². The first-order valence-corrected chi connectivity index (χ1v) is 9.25. The number of nitrogens with one attached hydrogen (secondary N) is 1. The molecule has 0 saturated carbocycles. The van der Waals surface area contributed by atoms with Crippen LogP contribution in [0, 0.1) is 0 Å². The highest BCUT2D eigenvalue weighted by atomic mass is 19.4. The van der Waals surface area contributed by atoms with E-state index < -0.39 is 17.8 Å². The molecule has 1 atom stereocenters. The Kier molecular flexibility index (Phi) is 6.90. The lowest BCUT2D eigenvalue weighted by Crippen LogP contribution is -2.31. The lowest BCUT2D eigenvalue weighted by atomic mass is 10.1. The molecule has 6 heteroatoms. The van der Waals surface area contributed by atoms with Gasteiger partial charge < -0.3 is 15.2 Å². The van der Waals surface area contributed by atoms with E-state index in [1.165, 1.54) is 6.07 Å². The lowest BCUT2D eigenvalue weighted by molar-refractivity contribution is -0.137. The fraction of sp³-hybridized carbons (Fsp3) is 0.217. The molecule has 0 aromatic heterocycles. The van der Waals surface area contributed by atoms with Gasteiger partial charge in [0.15, 0.2) is 0 Å². The molecule has 0 amide bonds. The average Bonchev–Trinajstić information content (AvgIpc) is 2.73. The van der Waals surface area contributed by atoms with Crippen molar-refractivity contribution in [3.63, 3.8) is 0 Å². The van der Waals surface area contributed by atoms with Gasteiger partial charge in [-0.1, -0.05) is 60.7 Å². The van der Waals surface area contributed by atoms with Gasteiger partial charge in [-0.2, -0.15) is 13.2 Å². The minimum atomic E-state index is -4.36. The summed E-state index contributed by atoms with van der Waals surface area (Å²) in [7, 11) is 0. The number of alkyl halides is 3. The smallest absolute Gasteiger partial charge is 0.416 e. The third-order valence-electron chi connectivity index (χ3n) is 4.37. The molecule has 152 valence electrons. The Balaban J connectivity index is 1.43. The molecular formula is C23H22F3NO2. The molecule has 0 saturated heterocycles. The Morgan fingerprint density at radius 1 is 0.862 bits per heavy atom. The van der Waals surface area contributed by atoms with Gasteiger partial charge in [-0.15, -0.1) is 0 Å². The Morgan fingerprint density at radius 3 is 2.24 bits per heavy atom. The number of benzene rings is 3. The van der Waals surface area contributed by atoms with Crippen LogP contribution in [0.4, 0.5) is 13.2 Å². The van der Waals surface area contributed by atoms with Gasteiger partial charge in [-0.25, -0.2) is 0 Å². The molecule has 0 radical (unpaired) electrons. The van der Waals surface area contributed by atoms with Crippen LogP contribution in [0.1, 0.15) is 11.1 Å². The van der Waals surface area contributed by atoms with Gasteiger partial charge in [0, 0.05) is 13.1 Å². The number of hydrogen-bond acceptors (Lipinski definition) is 3. The van der Waals surface area contributed by atoms with Crippen LogP contribution in [0.2, 0.25) is 0 Å². The van der Waals surface area contributed by atoms with Crippen molar-refractivity contribution < 1.29 is 23.0 Å². The summed E-state index contributed by atoms with van der Waals surface area (Å²) in [5, 5.41) is 13.0. The van der Waals surface area contributed by atoms with Crippen LogP contribution in [-0.2, 0) is 12.7 Å². The number of ether oxygens (including phenoxy) is 1. The van der Waals surface area contributed by atoms with Crippen molar-refractivity contribution in [2.24, 2.45) is 0 Å². The van der Waals surface area contributed by atoms with E-state index in [9.17, 15) is 18.3 Å². The summed E-state index contributed by atoms with van der Waals surface area (Å²) in [5.41, 5.74) is 2.00. The van der Waals surface area contributed by atoms with E-state index in [0.29, 0.717) is 11.3 Å². The molecule has 0 heterocycles. The monoisotopic (exact) mass is 401 g/mol. The fourth-order valence-electron chi connectivity index (χ4n) is 2.87. The Morgan fingerprint density at radius 2 is 1.55 bits per heavy atom. The zero-order chi connectivity index (χ0) is 20.7. The predicted molar refractivity (Wildman–Crippen MR) is 107 cm³/mol. The molecule has 0 bridgehead atoms. The zero-order valence-electron chi connectivity index (χ0n) is 15.7. The maximum Gasteiger partial charge on any atom is 0.416 e. The first-order chi connectivity index (χ1) is 13.9. The first kappa shape index (κ1) is 20.9. The molecule has 2 N–H and O–H groups in total. The Hall–Kier alpha value is -2.83. The molecule has 0 unspecified atom stereocenters. The van der Waals surface area contributed by atoms with Crippen molar-refractivity contribution in [3.05, 3.63) is 90.0 Å². The molecule has 3 aromatic carbocycles. The van der Waals surface area contributed by atoms with Gasteiger partial charge >= 0.3 is 6.18 Å². The molecule has 0 aliphatic rings. The van der Waals surface area contributed by atoms with Crippen LogP contribution < -0.4 is 10.1 Å². The van der Waals surface area contributed by atoms with Gasteiger partial charge in [0.2, 0.25) is 0 Å². The largest absolute Gasteiger partial charge is 0.491 e. The minimum Gasteiger partial charge on any atom is -0.491 e. The second-order valence-electron chi connectivity index (χ2n) is 6.68. The SMILES string of the molecule is O[C@H](CNCc1cccc(C(F)(F)F)c1)COc1ccc(-c2ccccc2)cc1. The quantitative estimate of drug-likeness (QED) is 0.564. The van der Waals surface area contributed by atoms with Crippen molar-refractivity contribution in [2.45, 2.75) is 18.8 Å². The van der Waals surface area contributed by atoms with Crippen LogP contribution >= 0.6 is 0 Å². The van der Waals surface area contributed by atoms with Crippen molar-refractivity contribution >= 4 is 0 Å². The molecule has 0 spiro atoms. The second-order valence-corrected chi connectivity index (χ2v) is 6.68. The number of hydrogen-bond donors (Lipinski definition) is 2. The van der Waals surface area contributed by atoms with E-state index in [4.69, 9.17) is 4.74 Å². The summed E-state index contributed by atoms with van der Waals surface area (Å²) >= 11 is 0. The summed E-state index contributed by atoms with van der Waals surface area (Å²) in [6, 6.07) is 22.7. The number of halogens is 3. The molecule has 0 aliphatic carbocycles. The average molecular weight is 401 g/mol. The van der Waals surface area contributed by atoms with Crippen LogP contribution in [0.25, 0.3) is 11.1 Å². The van der Waals surface area contributed by atoms with Crippen molar-refractivity contribution in [2.75, 3.05) is 13.2 Å². The minimum absolute atomic E-state index is 0.0836. The molecule has 3 rings (SSSR count). The summed E-state index contributed by atoms with van der Waals surface area (Å²) in [6.07, 6.45) is -5.14. The fourth-order valence-corrected chi connectivity index (χ4v) is 2.87. The van der Waals surface area contributed by atoms with Gasteiger partial charge in [-0.3, -0.25) is 0 Å². The van der Waals surface area contributed by atoms with Gasteiger partial charge in [-0.05, 0) is 34.9 Å².